The summed E-state index contributed by atoms with van der Waals surface area (Å²) in [6.07, 6.45) is 0. The number of carbonyl (C=O) groups excluding carboxylic acids is 1. The number of benzene rings is 2. The zero-order valence-corrected chi connectivity index (χ0v) is 12.8. The molecule has 0 heterocycles. The Kier molecular flexibility index (Phi) is 4.70. The Morgan fingerprint density at radius 3 is 2.52 bits per heavy atom. The topological polar surface area (TPSA) is 72.2 Å². The largest absolute Gasteiger partial charge is 0.346 e. The first-order valence-corrected chi connectivity index (χ1v) is 7.07. The molecule has 0 saturated heterocycles. The molecule has 0 radical (unpaired) electrons. The first kappa shape index (κ1) is 15.2. The summed E-state index contributed by atoms with van der Waals surface area (Å²) in [5.41, 5.74) is 1.13. The molecule has 1 amide bonds. The Balaban J connectivity index is 2.12. The molecule has 2 rings (SSSR count). The molecule has 5 nitrogen and oxygen atoms in total. The van der Waals surface area contributed by atoms with E-state index in [9.17, 15) is 14.9 Å². The zero-order chi connectivity index (χ0) is 15.4. The predicted octanol–water partition coefficient (Wildman–Crippen LogP) is 3.85. The average molecular weight is 349 g/mol. The molecule has 108 valence electrons. The lowest BCUT2D eigenvalue weighted by molar-refractivity contribution is -0.384. The number of halogens is 1. The Morgan fingerprint density at radius 1 is 1.24 bits per heavy atom. The molecule has 2 aromatic rings. The second kappa shape index (κ2) is 6.49. The third kappa shape index (κ3) is 3.88. The number of non-ortho nitro benzene ring substituents is 1. The van der Waals surface area contributed by atoms with E-state index in [0.29, 0.717) is 0 Å². The summed E-state index contributed by atoms with van der Waals surface area (Å²) in [5, 5.41) is 13.5. The molecule has 0 spiro atoms. The molecule has 1 unspecified atom stereocenters. The van der Waals surface area contributed by atoms with Gasteiger partial charge in [0.25, 0.3) is 11.6 Å². The van der Waals surface area contributed by atoms with Crippen molar-refractivity contribution in [3.63, 3.8) is 0 Å². The van der Waals surface area contributed by atoms with Gasteiger partial charge in [-0.15, -0.1) is 0 Å². The highest BCUT2D eigenvalue weighted by Gasteiger charge is 2.14. The van der Waals surface area contributed by atoms with Gasteiger partial charge in [-0.25, -0.2) is 0 Å². The van der Waals surface area contributed by atoms with Crippen LogP contribution < -0.4 is 5.32 Å². The van der Waals surface area contributed by atoms with Crippen LogP contribution in [0.2, 0.25) is 0 Å². The molecule has 0 saturated carbocycles. The molecule has 1 atom stereocenters. The Labute approximate surface area is 130 Å². The van der Waals surface area contributed by atoms with Crippen LogP contribution in [0.3, 0.4) is 0 Å². The van der Waals surface area contributed by atoms with Crippen LogP contribution in [0.4, 0.5) is 5.69 Å². The first-order chi connectivity index (χ1) is 9.97. The van der Waals surface area contributed by atoms with E-state index in [0.717, 1.165) is 10.0 Å². The number of nitro groups is 1. The van der Waals surface area contributed by atoms with Crippen LogP contribution in [0, 0.1) is 10.1 Å². The molecule has 1 N–H and O–H groups in total. The minimum atomic E-state index is -0.519. The van der Waals surface area contributed by atoms with Gasteiger partial charge >= 0.3 is 0 Å². The van der Waals surface area contributed by atoms with Crippen LogP contribution in [0.5, 0.6) is 0 Å². The van der Waals surface area contributed by atoms with Gasteiger partial charge in [0.05, 0.1) is 11.0 Å². The van der Waals surface area contributed by atoms with Gasteiger partial charge in [-0.2, -0.15) is 0 Å². The van der Waals surface area contributed by atoms with Gasteiger partial charge in [0.1, 0.15) is 0 Å². The summed E-state index contributed by atoms with van der Waals surface area (Å²) in [4.78, 5) is 22.3. The molecule has 0 bridgehead atoms. The van der Waals surface area contributed by atoms with Gasteiger partial charge in [0.2, 0.25) is 0 Å². The van der Waals surface area contributed by atoms with E-state index in [1.807, 2.05) is 31.2 Å². The smallest absolute Gasteiger partial charge is 0.270 e. The molecule has 0 aromatic heterocycles. The number of nitro benzene ring substituents is 1. The fourth-order valence-corrected chi connectivity index (χ4v) is 2.14. The standard InChI is InChI=1S/C15H13BrN2O3/c1-10(11-5-7-13(16)8-6-11)17-15(19)12-3-2-4-14(9-12)18(20)21/h2-10H,1H3,(H,17,19). The maximum Gasteiger partial charge on any atom is 0.270 e. The summed E-state index contributed by atoms with van der Waals surface area (Å²) >= 11 is 3.35. The SMILES string of the molecule is CC(NC(=O)c1cccc([N+](=O)[O-])c1)c1ccc(Br)cc1. The number of nitrogens with one attached hydrogen (secondary N) is 1. The highest BCUT2D eigenvalue weighted by atomic mass is 79.9. The fraction of sp³-hybridized carbons (Fsp3) is 0.133. The van der Waals surface area contributed by atoms with Gasteiger partial charge in [0.15, 0.2) is 0 Å². The minimum Gasteiger partial charge on any atom is -0.346 e. The fourth-order valence-electron chi connectivity index (χ4n) is 1.88. The Hall–Kier alpha value is -2.21. The van der Waals surface area contributed by atoms with Crippen LogP contribution in [0.25, 0.3) is 0 Å². The van der Waals surface area contributed by atoms with Crippen LogP contribution in [-0.4, -0.2) is 10.8 Å². The van der Waals surface area contributed by atoms with E-state index in [4.69, 9.17) is 0 Å². The molecule has 6 heteroatoms. The van der Waals surface area contributed by atoms with E-state index >= 15 is 0 Å². The maximum absolute atomic E-state index is 12.1. The number of hydrogen-bond donors (Lipinski definition) is 1. The number of amides is 1. The third-order valence-corrected chi connectivity index (χ3v) is 3.57. The number of rotatable bonds is 4. The van der Waals surface area contributed by atoms with Crippen molar-refractivity contribution >= 4 is 27.5 Å². The van der Waals surface area contributed by atoms with Crippen molar-refractivity contribution in [1.29, 1.82) is 0 Å². The van der Waals surface area contributed by atoms with Crippen LogP contribution in [0.1, 0.15) is 28.9 Å². The number of carbonyl (C=O) groups is 1. The van der Waals surface area contributed by atoms with Crippen molar-refractivity contribution in [2.24, 2.45) is 0 Å². The van der Waals surface area contributed by atoms with Crippen molar-refractivity contribution in [2.45, 2.75) is 13.0 Å². The first-order valence-electron chi connectivity index (χ1n) is 6.28. The lowest BCUT2D eigenvalue weighted by atomic mass is 10.1. The van der Waals surface area contributed by atoms with Crippen molar-refractivity contribution in [1.82, 2.24) is 5.32 Å². The summed E-state index contributed by atoms with van der Waals surface area (Å²) in [5.74, 6) is -0.339. The monoisotopic (exact) mass is 348 g/mol. The van der Waals surface area contributed by atoms with Gasteiger partial charge in [0, 0.05) is 22.2 Å². The molecular weight excluding hydrogens is 336 g/mol. The van der Waals surface area contributed by atoms with Crippen molar-refractivity contribution in [2.75, 3.05) is 0 Å². The Morgan fingerprint density at radius 2 is 1.90 bits per heavy atom. The number of nitrogens with zero attached hydrogens (tertiary/aromatic N) is 1. The van der Waals surface area contributed by atoms with Gasteiger partial charge < -0.3 is 5.32 Å². The van der Waals surface area contributed by atoms with Gasteiger partial charge in [-0.3, -0.25) is 14.9 Å². The molecular formula is C15H13BrN2O3. The van der Waals surface area contributed by atoms with E-state index in [2.05, 4.69) is 21.2 Å². The molecule has 0 aliphatic heterocycles. The van der Waals surface area contributed by atoms with Gasteiger partial charge in [-0.1, -0.05) is 34.1 Å². The molecule has 2 aromatic carbocycles. The Bertz CT molecular complexity index is 671. The van der Waals surface area contributed by atoms with Crippen LogP contribution in [-0.2, 0) is 0 Å². The predicted molar refractivity (Wildman–Crippen MR) is 83.1 cm³/mol. The van der Waals surface area contributed by atoms with E-state index in [1.165, 1.54) is 18.2 Å². The molecule has 0 aliphatic carbocycles. The summed E-state index contributed by atoms with van der Waals surface area (Å²) in [6.45, 7) is 1.86. The van der Waals surface area contributed by atoms with E-state index < -0.39 is 4.92 Å². The molecule has 21 heavy (non-hydrogen) atoms. The summed E-state index contributed by atoms with van der Waals surface area (Å²) in [7, 11) is 0. The second-order valence-electron chi connectivity index (χ2n) is 4.55. The van der Waals surface area contributed by atoms with Gasteiger partial charge in [-0.05, 0) is 30.7 Å². The lowest BCUT2D eigenvalue weighted by Gasteiger charge is -2.14. The van der Waals surface area contributed by atoms with Crippen molar-refractivity contribution in [3.05, 3.63) is 74.2 Å². The lowest BCUT2D eigenvalue weighted by Crippen LogP contribution is -2.26. The highest BCUT2D eigenvalue weighted by Crippen LogP contribution is 2.18. The summed E-state index contributed by atoms with van der Waals surface area (Å²) in [6, 6.07) is 13.1. The highest BCUT2D eigenvalue weighted by molar-refractivity contribution is 9.10. The number of hydrogen-bond acceptors (Lipinski definition) is 3. The van der Waals surface area contributed by atoms with Crippen LogP contribution in [0.15, 0.2) is 53.0 Å². The second-order valence-corrected chi connectivity index (χ2v) is 5.47. The van der Waals surface area contributed by atoms with Crippen molar-refractivity contribution < 1.29 is 9.72 Å². The maximum atomic E-state index is 12.1. The zero-order valence-electron chi connectivity index (χ0n) is 11.2. The van der Waals surface area contributed by atoms with Crippen molar-refractivity contribution in [3.8, 4) is 0 Å². The normalized spacial score (nSPS) is 11.7. The molecule has 0 fully saturated rings. The van der Waals surface area contributed by atoms with E-state index in [-0.39, 0.29) is 23.2 Å². The minimum absolute atomic E-state index is 0.0982. The van der Waals surface area contributed by atoms with Crippen LogP contribution >= 0.6 is 15.9 Å². The van der Waals surface area contributed by atoms with E-state index in [1.54, 1.807) is 6.07 Å². The average Bonchev–Trinajstić information content (AvgIpc) is 2.48. The third-order valence-electron chi connectivity index (χ3n) is 3.04. The quantitative estimate of drug-likeness (QED) is 0.673. The molecule has 0 aliphatic rings. The summed E-state index contributed by atoms with van der Waals surface area (Å²) < 4.78 is 0.962.